The molecule has 0 aromatic heterocycles. The predicted molar refractivity (Wildman–Crippen MR) is 62.2 cm³/mol. The Morgan fingerprint density at radius 2 is 2.21 bits per heavy atom. The Labute approximate surface area is 93.5 Å². The minimum atomic E-state index is -0.467. The lowest BCUT2D eigenvalue weighted by Gasteiger charge is -2.36. The highest BCUT2D eigenvalue weighted by Crippen LogP contribution is 2.32. The minimum Gasteiger partial charge on any atom is -0.388 e. The molecule has 1 aromatic rings. The van der Waals surface area contributed by atoms with Gasteiger partial charge in [-0.1, -0.05) is 23.7 Å². The van der Waals surface area contributed by atoms with Crippen LogP contribution in [-0.2, 0) is 6.42 Å². The number of thioether (sulfide) groups is 1. The van der Waals surface area contributed by atoms with Crippen LogP contribution in [0.5, 0.6) is 0 Å². The first kappa shape index (κ1) is 10.3. The van der Waals surface area contributed by atoms with E-state index in [-0.39, 0.29) is 0 Å². The number of benzene rings is 1. The number of hydrogen-bond donors (Lipinski definition) is 1. The van der Waals surface area contributed by atoms with Gasteiger partial charge in [0.25, 0.3) is 0 Å². The molecule has 1 heterocycles. The van der Waals surface area contributed by atoms with E-state index in [2.05, 4.69) is 6.07 Å². The number of halogens is 1. The van der Waals surface area contributed by atoms with Gasteiger partial charge in [0.2, 0.25) is 0 Å². The molecule has 0 radical (unpaired) electrons. The van der Waals surface area contributed by atoms with Crippen LogP contribution in [0, 0.1) is 6.92 Å². The van der Waals surface area contributed by atoms with E-state index in [1.54, 1.807) is 11.8 Å². The lowest BCUT2D eigenvalue weighted by molar-refractivity contribution is 0.0793. The number of aliphatic hydroxyl groups is 1. The number of rotatable bonds is 2. The van der Waals surface area contributed by atoms with Crippen LogP contribution < -0.4 is 0 Å². The third-order valence-electron chi connectivity index (χ3n) is 2.50. The fourth-order valence-electron chi connectivity index (χ4n) is 1.64. The predicted octanol–water partition coefficient (Wildman–Crippen LogP) is 2.67. The summed E-state index contributed by atoms with van der Waals surface area (Å²) in [5.74, 6) is 1.71. The van der Waals surface area contributed by atoms with Gasteiger partial charge in [-0.15, -0.1) is 0 Å². The normalized spacial score (nSPS) is 19.1. The molecule has 1 aromatic carbocycles. The molecule has 1 aliphatic heterocycles. The second kappa shape index (κ2) is 3.76. The van der Waals surface area contributed by atoms with Gasteiger partial charge in [-0.2, -0.15) is 11.8 Å². The molecule has 14 heavy (non-hydrogen) atoms. The van der Waals surface area contributed by atoms with E-state index < -0.39 is 5.60 Å². The van der Waals surface area contributed by atoms with E-state index in [1.807, 2.05) is 19.1 Å². The average Bonchev–Trinajstić information content (AvgIpc) is 2.09. The van der Waals surface area contributed by atoms with Crippen molar-refractivity contribution in [1.29, 1.82) is 0 Å². The Morgan fingerprint density at radius 1 is 1.50 bits per heavy atom. The zero-order chi connectivity index (χ0) is 10.2. The van der Waals surface area contributed by atoms with E-state index in [1.165, 1.54) is 5.56 Å². The Morgan fingerprint density at radius 3 is 2.71 bits per heavy atom. The van der Waals surface area contributed by atoms with Crippen LogP contribution in [-0.4, -0.2) is 22.2 Å². The van der Waals surface area contributed by atoms with Crippen LogP contribution in [0.1, 0.15) is 11.1 Å². The zero-order valence-corrected chi connectivity index (χ0v) is 9.66. The molecule has 1 aliphatic rings. The molecule has 1 N–H and O–H groups in total. The molecule has 1 nitrogen and oxygen atoms in total. The summed E-state index contributed by atoms with van der Waals surface area (Å²) in [7, 11) is 0. The highest BCUT2D eigenvalue weighted by atomic mass is 35.5. The molecule has 1 fully saturated rings. The maximum Gasteiger partial charge on any atom is 0.0867 e. The molecule has 76 valence electrons. The second-order valence-electron chi connectivity index (χ2n) is 3.98. The van der Waals surface area contributed by atoms with Crippen LogP contribution >= 0.6 is 23.4 Å². The van der Waals surface area contributed by atoms with Crippen molar-refractivity contribution >= 4 is 23.4 Å². The van der Waals surface area contributed by atoms with Crippen molar-refractivity contribution in [2.24, 2.45) is 0 Å². The summed E-state index contributed by atoms with van der Waals surface area (Å²) >= 11 is 7.73. The molecule has 0 bridgehead atoms. The van der Waals surface area contributed by atoms with Gasteiger partial charge in [0.1, 0.15) is 0 Å². The van der Waals surface area contributed by atoms with Crippen molar-refractivity contribution < 1.29 is 5.11 Å². The van der Waals surface area contributed by atoms with Gasteiger partial charge in [0, 0.05) is 22.9 Å². The first-order chi connectivity index (χ1) is 6.59. The van der Waals surface area contributed by atoms with Crippen molar-refractivity contribution in [2.75, 3.05) is 11.5 Å². The summed E-state index contributed by atoms with van der Waals surface area (Å²) in [4.78, 5) is 0. The van der Waals surface area contributed by atoms with Gasteiger partial charge < -0.3 is 5.11 Å². The highest BCUT2D eigenvalue weighted by molar-refractivity contribution is 8.00. The second-order valence-corrected chi connectivity index (χ2v) is 5.37. The van der Waals surface area contributed by atoms with Gasteiger partial charge in [-0.3, -0.25) is 0 Å². The Balaban J connectivity index is 2.13. The monoisotopic (exact) mass is 228 g/mol. The molecule has 3 heteroatoms. The molecular weight excluding hydrogens is 216 g/mol. The maximum atomic E-state index is 9.97. The summed E-state index contributed by atoms with van der Waals surface area (Å²) < 4.78 is 0. The quantitative estimate of drug-likeness (QED) is 0.840. The third kappa shape index (κ3) is 2.08. The van der Waals surface area contributed by atoms with Crippen molar-refractivity contribution in [3.8, 4) is 0 Å². The van der Waals surface area contributed by atoms with E-state index in [0.717, 1.165) is 28.5 Å². The van der Waals surface area contributed by atoms with E-state index in [9.17, 15) is 5.11 Å². The maximum absolute atomic E-state index is 9.97. The van der Waals surface area contributed by atoms with Gasteiger partial charge >= 0.3 is 0 Å². The van der Waals surface area contributed by atoms with Crippen molar-refractivity contribution in [3.63, 3.8) is 0 Å². The lowest BCUT2D eigenvalue weighted by Crippen LogP contribution is -2.45. The standard InChI is InChI=1S/C11H13ClOS/c1-8-4-9(2-3-10(8)12)5-11(13)6-14-7-11/h2-4,13H,5-7H2,1H3. The molecule has 0 saturated carbocycles. The molecule has 0 amide bonds. The van der Waals surface area contributed by atoms with Crippen LogP contribution in [0.15, 0.2) is 18.2 Å². The molecular formula is C11H13ClOS. The Bertz CT molecular complexity index is 347. The molecule has 1 saturated heterocycles. The van der Waals surface area contributed by atoms with Crippen LogP contribution in [0.25, 0.3) is 0 Å². The van der Waals surface area contributed by atoms with Crippen LogP contribution in [0.3, 0.4) is 0 Å². The first-order valence-electron chi connectivity index (χ1n) is 4.64. The molecule has 0 spiro atoms. The van der Waals surface area contributed by atoms with Crippen molar-refractivity contribution in [3.05, 3.63) is 34.3 Å². The summed E-state index contributed by atoms with van der Waals surface area (Å²) in [6.07, 6.45) is 0.748. The van der Waals surface area contributed by atoms with E-state index >= 15 is 0 Å². The Kier molecular flexibility index (Phi) is 2.78. The highest BCUT2D eigenvalue weighted by Gasteiger charge is 2.35. The van der Waals surface area contributed by atoms with E-state index in [4.69, 9.17) is 11.6 Å². The van der Waals surface area contributed by atoms with Crippen LogP contribution in [0.2, 0.25) is 5.02 Å². The summed E-state index contributed by atoms with van der Waals surface area (Å²) in [5, 5.41) is 10.8. The molecule has 0 aliphatic carbocycles. The molecule has 0 atom stereocenters. The molecule has 2 rings (SSSR count). The fourth-order valence-corrected chi connectivity index (χ4v) is 2.63. The number of aryl methyl sites for hydroxylation is 1. The fraction of sp³-hybridized carbons (Fsp3) is 0.455. The lowest BCUT2D eigenvalue weighted by atomic mass is 9.96. The smallest absolute Gasteiger partial charge is 0.0867 e. The Hall–Kier alpha value is -0.180. The van der Waals surface area contributed by atoms with Gasteiger partial charge in [0.15, 0.2) is 0 Å². The largest absolute Gasteiger partial charge is 0.388 e. The zero-order valence-electron chi connectivity index (χ0n) is 8.09. The third-order valence-corrected chi connectivity index (χ3v) is 4.40. The van der Waals surface area contributed by atoms with Gasteiger partial charge in [-0.05, 0) is 24.1 Å². The van der Waals surface area contributed by atoms with Gasteiger partial charge in [0.05, 0.1) is 5.60 Å². The van der Waals surface area contributed by atoms with E-state index in [0.29, 0.717) is 0 Å². The SMILES string of the molecule is Cc1cc(CC2(O)CSC2)ccc1Cl. The topological polar surface area (TPSA) is 20.2 Å². The van der Waals surface area contributed by atoms with Crippen LogP contribution in [0.4, 0.5) is 0 Å². The van der Waals surface area contributed by atoms with Crippen molar-refractivity contribution in [2.45, 2.75) is 18.9 Å². The summed E-state index contributed by atoms with van der Waals surface area (Å²) in [6.45, 7) is 1.99. The summed E-state index contributed by atoms with van der Waals surface area (Å²) in [5.41, 5.74) is 1.79. The first-order valence-corrected chi connectivity index (χ1v) is 6.17. The number of hydrogen-bond acceptors (Lipinski definition) is 2. The molecule has 0 unspecified atom stereocenters. The minimum absolute atomic E-state index is 0.467. The summed E-state index contributed by atoms with van der Waals surface area (Å²) in [6, 6.07) is 5.96. The van der Waals surface area contributed by atoms with Gasteiger partial charge in [-0.25, -0.2) is 0 Å². The van der Waals surface area contributed by atoms with Crippen molar-refractivity contribution in [1.82, 2.24) is 0 Å². The average molecular weight is 229 g/mol.